The fourth-order valence-electron chi connectivity index (χ4n) is 3.10. The molecule has 1 aromatic carbocycles. The molecule has 3 rings (SSSR count). The van der Waals surface area contributed by atoms with Crippen molar-refractivity contribution in [1.29, 1.82) is 0 Å². The van der Waals surface area contributed by atoms with E-state index in [1.165, 1.54) is 5.69 Å². The Balaban J connectivity index is 1.58. The van der Waals surface area contributed by atoms with Crippen LogP contribution in [0.15, 0.2) is 40.9 Å². The second kappa shape index (κ2) is 6.91. The average molecular weight is 325 g/mol. The summed E-state index contributed by atoms with van der Waals surface area (Å²) in [4.78, 5) is 14.7. The number of hydrogen-bond acceptors (Lipinski definition) is 4. The second-order valence-corrected chi connectivity index (χ2v) is 6.22. The van der Waals surface area contributed by atoms with E-state index in [4.69, 9.17) is 4.52 Å². The maximum absolute atomic E-state index is 12.4. The number of carbonyl (C=O) groups is 1. The van der Waals surface area contributed by atoms with Crippen molar-refractivity contribution in [2.24, 2.45) is 0 Å². The van der Waals surface area contributed by atoms with E-state index in [1.54, 1.807) is 0 Å². The minimum Gasteiger partial charge on any atom is -0.364 e. The number of carbonyl (C=O) groups excluding carboxylic acids is 1. The molecule has 0 saturated carbocycles. The summed E-state index contributed by atoms with van der Waals surface area (Å²) in [6.07, 6.45) is 4.34. The van der Waals surface area contributed by atoms with Crippen LogP contribution in [0, 0.1) is 13.8 Å². The summed E-state index contributed by atoms with van der Waals surface area (Å²) in [7, 11) is 0. The van der Waals surface area contributed by atoms with Gasteiger partial charge in [-0.2, -0.15) is 0 Å². The molecule has 1 aliphatic rings. The van der Waals surface area contributed by atoms with Crippen molar-refractivity contribution < 1.29 is 9.32 Å². The van der Waals surface area contributed by atoms with Gasteiger partial charge in [-0.25, -0.2) is 0 Å². The second-order valence-electron chi connectivity index (χ2n) is 6.22. The monoisotopic (exact) mass is 325 g/mol. The Morgan fingerprint density at radius 1 is 1.25 bits per heavy atom. The Bertz CT molecular complexity index is 719. The minimum absolute atomic E-state index is 0.0165. The van der Waals surface area contributed by atoms with Gasteiger partial charge < -0.3 is 14.7 Å². The molecule has 2 heterocycles. The number of benzene rings is 1. The highest BCUT2D eigenvalue weighted by atomic mass is 16.5. The Morgan fingerprint density at radius 3 is 2.50 bits per heavy atom. The number of hydrogen-bond donors (Lipinski definition) is 1. The maximum atomic E-state index is 12.4. The predicted octanol–water partition coefficient (Wildman–Crippen LogP) is 3.09. The Morgan fingerprint density at radius 2 is 1.92 bits per heavy atom. The van der Waals surface area contributed by atoms with Gasteiger partial charge in [0.05, 0.1) is 11.6 Å². The van der Waals surface area contributed by atoms with E-state index in [0.29, 0.717) is 12.3 Å². The van der Waals surface area contributed by atoms with Crippen LogP contribution in [0.25, 0.3) is 0 Å². The highest BCUT2D eigenvalue weighted by Crippen LogP contribution is 2.23. The number of anilines is 1. The van der Waals surface area contributed by atoms with E-state index in [9.17, 15) is 4.79 Å². The number of amides is 1. The molecule has 5 nitrogen and oxygen atoms in total. The molecule has 5 heteroatoms. The smallest absolute Gasteiger partial charge is 0.227 e. The quantitative estimate of drug-likeness (QED) is 0.858. The standard InChI is InChI=1S/C19H23N3O2/c1-13(18-14(2)21-24-15(18)3)19(23)20-12-16-6-8-17(9-7-16)22-10-4-5-11-22/h4-9,13H,10-12H2,1-3H3,(H,20,23)/t13-/m1/s1. The van der Waals surface area contributed by atoms with Crippen molar-refractivity contribution in [3.63, 3.8) is 0 Å². The van der Waals surface area contributed by atoms with Gasteiger partial charge in [0.15, 0.2) is 0 Å². The van der Waals surface area contributed by atoms with Crippen LogP contribution in [-0.2, 0) is 11.3 Å². The molecule has 0 bridgehead atoms. The van der Waals surface area contributed by atoms with Crippen molar-refractivity contribution in [3.05, 3.63) is 59.0 Å². The summed E-state index contributed by atoms with van der Waals surface area (Å²) in [6, 6.07) is 8.33. The van der Waals surface area contributed by atoms with Crippen LogP contribution >= 0.6 is 0 Å². The zero-order valence-electron chi connectivity index (χ0n) is 14.4. The first-order valence-corrected chi connectivity index (χ1v) is 8.25. The van der Waals surface area contributed by atoms with Gasteiger partial charge in [0, 0.05) is 30.9 Å². The van der Waals surface area contributed by atoms with Gasteiger partial charge in [-0.3, -0.25) is 4.79 Å². The van der Waals surface area contributed by atoms with E-state index in [0.717, 1.165) is 29.9 Å². The molecule has 126 valence electrons. The van der Waals surface area contributed by atoms with Crippen LogP contribution < -0.4 is 10.2 Å². The van der Waals surface area contributed by atoms with E-state index in [-0.39, 0.29) is 11.8 Å². The lowest BCUT2D eigenvalue weighted by molar-refractivity contribution is -0.122. The van der Waals surface area contributed by atoms with Crippen molar-refractivity contribution >= 4 is 11.6 Å². The van der Waals surface area contributed by atoms with Crippen LogP contribution in [0.3, 0.4) is 0 Å². The van der Waals surface area contributed by atoms with Gasteiger partial charge in [0.25, 0.3) is 0 Å². The molecule has 0 fully saturated rings. The molecule has 2 aromatic rings. The van der Waals surface area contributed by atoms with Crippen LogP contribution in [-0.4, -0.2) is 24.2 Å². The van der Waals surface area contributed by atoms with Crippen LogP contribution in [0.5, 0.6) is 0 Å². The summed E-state index contributed by atoms with van der Waals surface area (Å²) in [5, 5.41) is 6.92. The number of nitrogens with one attached hydrogen (secondary N) is 1. The van der Waals surface area contributed by atoms with Crippen molar-refractivity contribution in [3.8, 4) is 0 Å². The summed E-state index contributed by atoms with van der Waals surface area (Å²) >= 11 is 0. The van der Waals surface area contributed by atoms with Gasteiger partial charge in [0.1, 0.15) is 5.76 Å². The minimum atomic E-state index is -0.272. The molecular weight excluding hydrogens is 302 g/mol. The van der Waals surface area contributed by atoms with Crippen LogP contribution in [0.4, 0.5) is 5.69 Å². The highest BCUT2D eigenvalue weighted by molar-refractivity contribution is 5.83. The number of rotatable bonds is 5. The number of aryl methyl sites for hydroxylation is 2. The van der Waals surface area contributed by atoms with Gasteiger partial charge in [-0.1, -0.05) is 29.4 Å². The molecule has 1 amide bonds. The Labute approximate surface area is 142 Å². The molecule has 0 saturated heterocycles. The third kappa shape index (κ3) is 3.35. The van der Waals surface area contributed by atoms with Gasteiger partial charge in [-0.15, -0.1) is 0 Å². The topological polar surface area (TPSA) is 58.4 Å². The molecule has 24 heavy (non-hydrogen) atoms. The van der Waals surface area contributed by atoms with Crippen molar-refractivity contribution in [1.82, 2.24) is 10.5 Å². The third-order valence-electron chi connectivity index (χ3n) is 4.50. The van der Waals surface area contributed by atoms with Crippen molar-refractivity contribution in [2.75, 3.05) is 18.0 Å². The van der Waals surface area contributed by atoms with Gasteiger partial charge >= 0.3 is 0 Å². The molecule has 1 aliphatic heterocycles. The van der Waals surface area contributed by atoms with Crippen LogP contribution in [0.1, 0.15) is 35.4 Å². The first-order valence-electron chi connectivity index (χ1n) is 8.25. The zero-order valence-corrected chi connectivity index (χ0v) is 14.4. The lowest BCUT2D eigenvalue weighted by Gasteiger charge is -2.18. The molecule has 1 N–H and O–H groups in total. The maximum Gasteiger partial charge on any atom is 0.227 e. The molecule has 0 radical (unpaired) electrons. The fraction of sp³-hybridized carbons (Fsp3) is 0.368. The SMILES string of the molecule is Cc1noc(C)c1[C@@H](C)C(=O)NCc1ccc(N2CC=CC2)cc1. The van der Waals surface area contributed by atoms with Crippen LogP contribution in [0.2, 0.25) is 0 Å². The molecular formula is C19H23N3O2. The molecule has 1 aromatic heterocycles. The average Bonchev–Trinajstić information content (AvgIpc) is 3.23. The summed E-state index contributed by atoms with van der Waals surface area (Å²) in [5.41, 5.74) is 3.95. The van der Waals surface area contributed by atoms with Gasteiger partial charge in [0.2, 0.25) is 5.91 Å². The predicted molar refractivity (Wildman–Crippen MR) is 94.0 cm³/mol. The van der Waals surface area contributed by atoms with E-state index in [2.05, 4.69) is 51.8 Å². The number of aromatic nitrogens is 1. The lowest BCUT2D eigenvalue weighted by Crippen LogP contribution is -2.28. The fourth-order valence-corrected chi connectivity index (χ4v) is 3.10. The largest absolute Gasteiger partial charge is 0.364 e. The summed E-state index contributed by atoms with van der Waals surface area (Å²) < 4.78 is 5.15. The summed E-state index contributed by atoms with van der Waals surface area (Å²) in [6.45, 7) is 8.03. The van der Waals surface area contributed by atoms with Crippen molar-refractivity contribution in [2.45, 2.75) is 33.2 Å². The molecule has 0 unspecified atom stereocenters. The molecule has 0 spiro atoms. The first kappa shape index (κ1) is 16.3. The van der Waals surface area contributed by atoms with E-state index < -0.39 is 0 Å². The normalized spacial score (nSPS) is 14.9. The molecule has 0 aliphatic carbocycles. The summed E-state index contributed by atoms with van der Waals surface area (Å²) in [5.74, 6) is 0.419. The number of nitrogens with zero attached hydrogens (tertiary/aromatic N) is 2. The molecule has 1 atom stereocenters. The van der Waals surface area contributed by atoms with E-state index in [1.807, 2.05) is 20.8 Å². The Hall–Kier alpha value is -2.56. The highest BCUT2D eigenvalue weighted by Gasteiger charge is 2.22. The van der Waals surface area contributed by atoms with Gasteiger partial charge in [-0.05, 0) is 38.5 Å². The Kier molecular flexibility index (Phi) is 4.69. The zero-order chi connectivity index (χ0) is 17.1. The third-order valence-corrected chi connectivity index (χ3v) is 4.50. The lowest BCUT2D eigenvalue weighted by atomic mass is 9.98. The first-order chi connectivity index (χ1) is 11.6. The van der Waals surface area contributed by atoms with E-state index >= 15 is 0 Å².